The van der Waals surface area contributed by atoms with Gasteiger partial charge in [-0.25, -0.2) is 0 Å². The Balaban J connectivity index is 1.56. The molecule has 2 heterocycles. The summed E-state index contributed by atoms with van der Waals surface area (Å²) in [7, 11) is 2.24. The maximum Gasteiger partial charge on any atom is 0.248 e. The topological polar surface area (TPSA) is 36.8 Å². The molecule has 0 atom stereocenters. The summed E-state index contributed by atoms with van der Waals surface area (Å²) in [4.78, 5) is 17.0. The van der Waals surface area contributed by atoms with Gasteiger partial charge in [0.15, 0.2) is 0 Å². The van der Waals surface area contributed by atoms with Crippen molar-refractivity contribution < 1.29 is 9.69 Å². The van der Waals surface area contributed by atoms with E-state index in [0.717, 1.165) is 23.7 Å². The van der Waals surface area contributed by atoms with E-state index in [2.05, 4.69) is 29.4 Å². The Morgan fingerprint density at radius 1 is 1.22 bits per heavy atom. The zero-order chi connectivity index (χ0) is 16.1. The number of nitrogens with zero attached hydrogens (tertiary/aromatic N) is 1. The maximum atomic E-state index is 11.9. The molecular weight excluding hydrogens is 306 g/mol. The van der Waals surface area contributed by atoms with Gasteiger partial charge >= 0.3 is 0 Å². The van der Waals surface area contributed by atoms with Gasteiger partial charge in [0, 0.05) is 22.3 Å². The summed E-state index contributed by atoms with van der Waals surface area (Å²) in [6, 6.07) is 12.1. The summed E-state index contributed by atoms with van der Waals surface area (Å²) in [5.74, 6) is -0.102. The molecule has 1 aromatic heterocycles. The van der Waals surface area contributed by atoms with Gasteiger partial charge in [0.2, 0.25) is 5.91 Å². The molecule has 0 unspecified atom stereocenters. The van der Waals surface area contributed by atoms with Crippen molar-refractivity contribution in [2.24, 2.45) is 0 Å². The lowest BCUT2D eigenvalue weighted by Crippen LogP contribution is -3.12. The van der Waals surface area contributed by atoms with Crippen LogP contribution in [0.5, 0.6) is 0 Å². The summed E-state index contributed by atoms with van der Waals surface area (Å²) in [6.45, 7) is 4.51. The number of quaternary nitrogens is 1. The highest BCUT2D eigenvalue weighted by Gasteiger charge is 2.16. The third-order valence-electron chi connectivity index (χ3n) is 4.06. The molecule has 23 heavy (non-hydrogen) atoms. The second-order valence-corrected chi connectivity index (χ2v) is 6.81. The molecule has 0 bridgehead atoms. The van der Waals surface area contributed by atoms with Crippen LogP contribution in [0.4, 0.5) is 11.4 Å². The van der Waals surface area contributed by atoms with Gasteiger partial charge in [-0.1, -0.05) is 6.07 Å². The summed E-state index contributed by atoms with van der Waals surface area (Å²) in [5.41, 5.74) is 2.05. The molecule has 2 N–H and O–H groups in total. The molecule has 120 valence electrons. The lowest BCUT2D eigenvalue weighted by molar-refractivity contribution is -0.880. The van der Waals surface area contributed by atoms with Crippen molar-refractivity contribution in [3.63, 3.8) is 0 Å². The fourth-order valence-electron chi connectivity index (χ4n) is 2.63. The van der Waals surface area contributed by atoms with Crippen molar-refractivity contribution in [3.8, 4) is 0 Å². The molecule has 1 amide bonds. The minimum Gasteiger partial charge on any atom is -0.360 e. The van der Waals surface area contributed by atoms with E-state index in [-0.39, 0.29) is 5.91 Å². The van der Waals surface area contributed by atoms with E-state index in [4.69, 9.17) is 0 Å². The van der Waals surface area contributed by atoms with Crippen LogP contribution in [0.25, 0.3) is 6.08 Å². The first-order valence-corrected chi connectivity index (χ1v) is 8.77. The molecule has 1 aromatic carbocycles. The Kier molecular flexibility index (Phi) is 5.10. The molecule has 0 aliphatic carbocycles. The Labute approximate surface area is 141 Å². The fraction of sp³-hybridized carbons (Fsp3) is 0.278. The lowest BCUT2D eigenvalue weighted by atomic mass is 10.2. The number of hydrogen-bond acceptors (Lipinski definition) is 3. The smallest absolute Gasteiger partial charge is 0.248 e. The Bertz CT molecular complexity index is 656. The van der Waals surface area contributed by atoms with Crippen LogP contribution in [-0.2, 0) is 4.79 Å². The van der Waals surface area contributed by atoms with E-state index in [1.54, 1.807) is 22.3 Å². The molecule has 3 rings (SSSR count). The van der Waals surface area contributed by atoms with Crippen molar-refractivity contribution in [1.29, 1.82) is 0 Å². The number of anilines is 2. The number of thiophene rings is 1. The summed E-state index contributed by atoms with van der Waals surface area (Å²) < 4.78 is 0. The van der Waals surface area contributed by atoms with Crippen LogP contribution in [0, 0.1) is 0 Å². The van der Waals surface area contributed by atoms with Crippen molar-refractivity contribution in [2.75, 3.05) is 43.4 Å². The van der Waals surface area contributed by atoms with Gasteiger partial charge < -0.3 is 15.1 Å². The number of likely N-dealkylation sites (N-methyl/N-ethyl adjacent to an activating group) is 1. The second kappa shape index (κ2) is 7.44. The zero-order valence-electron chi connectivity index (χ0n) is 13.3. The molecule has 2 aromatic rings. The van der Waals surface area contributed by atoms with Gasteiger partial charge in [0.25, 0.3) is 0 Å². The van der Waals surface area contributed by atoms with Crippen molar-refractivity contribution in [2.45, 2.75) is 0 Å². The molecule has 0 radical (unpaired) electrons. The van der Waals surface area contributed by atoms with E-state index in [0.29, 0.717) is 0 Å². The molecule has 1 aliphatic rings. The number of nitrogens with one attached hydrogen (secondary N) is 2. The van der Waals surface area contributed by atoms with E-state index < -0.39 is 0 Å². The number of carbonyl (C=O) groups is 1. The number of rotatable bonds is 4. The van der Waals surface area contributed by atoms with Crippen LogP contribution in [0.1, 0.15) is 4.88 Å². The Hall–Kier alpha value is -2.11. The number of amides is 1. The van der Waals surface area contributed by atoms with E-state index in [1.807, 2.05) is 35.7 Å². The van der Waals surface area contributed by atoms with Crippen LogP contribution < -0.4 is 15.1 Å². The van der Waals surface area contributed by atoms with E-state index in [9.17, 15) is 4.79 Å². The molecule has 1 aliphatic heterocycles. The third-order valence-corrected chi connectivity index (χ3v) is 4.90. The average molecular weight is 328 g/mol. The van der Waals surface area contributed by atoms with Crippen LogP contribution in [0.2, 0.25) is 0 Å². The van der Waals surface area contributed by atoms with Gasteiger partial charge in [-0.3, -0.25) is 4.79 Å². The van der Waals surface area contributed by atoms with Crippen LogP contribution in [0.3, 0.4) is 0 Å². The Morgan fingerprint density at radius 2 is 1.96 bits per heavy atom. The molecular formula is C18H22N3OS+. The molecule has 1 fully saturated rings. The first-order chi connectivity index (χ1) is 11.2. The fourth-order valence-corrected chi connectivity index (χ4v) is 3.25. The molecule has 0 spiro atoms. The summed E-state index contributed by atoms with van der Waals surface area (Å²) in [6.07, 6.45) is 3.41. The lowest BCUT2D eigenvalue weighted by Gasteiger charge is -2.31. The van der Waals surface area contributed by atoms with Gasteiger partial charge in [-0.2, -0.15) is 0 Å². The minimum absolute atomic E-state index is 0.102. The minimum atomic E-state index is -0.102. The molecule has 4 nitrogen and oxygen atoms in total. The van der Waals surface area contributed by atoms with Crippen LogP contribution in [0.15, 0.2) is 47.9 Å². The summed E-state index contributed by atoms with van der Waals surface area (Å²) >= 11 is 1.62. The van der Waals surface area contributed by atoms with Crippen LogP contribution in [-0.4, -0.2) is 39.1 Å². The monoisotopic (exact) mass is 328 g/mol. The van der Waals surface area contributed by atoms with Crippen molar-refractivity contribution in [3.05, 3.63) is 52.7 Å². The highest BCUT2D eigenvalue weighted by molar-refractivity contribution is 7.10. The second-order valence-electron chi connectivity index (χ2n) is 5.83. The van der Waals surface area contributed by atoms with E-state index >= 15 is 0 Å². The predicted molar refractivity (Wildman–Crippen MR) is 97.3 cm³/mol. The van der Waals surface area contributed by atoms with E-state index in [1.165, 1.54) is 18.8 Å². The highest BCUT2D eigenvalue weighted by Crippen LogP contribution is 2.18. The standard InChI is InChI=1S/C18H21N3OS/c1-20-10-12-21(13-11-20)16-6-4-15(5-7-16)19-18(22)9-8-17-3-2-14-23-17/h2-9,14H,10-13H2,1H3,(H,19,22)/p+1/b9-8+. The number of carbonyl (C=O) groups excluding carboxylic acids is 1. The maximum absolute atomic E-state index is 11.9. The normalized spacial score (nSPS) is 16.0. The number of hydrogen-bond donors (Lipinski definition) is 2. The van der Waals surface area contributed by atoms with Crippen molar-refractivity contribution >= 4 is 34.7 Å². The third kappa shape index (κ3) is 4.43. The van der Waals surface area contributed by atoms with Gasteiger partial charge in [0.05, 0.1) is 33.2 Å². The molecule has 1 saturated heterocycles. The first kappa shape index (κ1) is 15.8. The van der Waals surface area contributed by atoms with Gasteiger partial charge in [-0.15, -0.1) is 11.3 Å². The summed E-state index contributed by atoms with van der Waals surface area (Å²) in [5, 5.41) is 4.89. The highest BCUT2D eigenvalue weighted by atomic mass is 32.1. The quantitative estimate of drug-likeness (QED) is 0.839. The van der Waals surface area contributed by atoms with Crippen molar-refractivity contribution in [1.82, 2.24) is 0 Å². The van der Waals surface area contributed by atoms with Crippen LogP contribution >= 0.6 is 11.3 Å². The predicted octanol–water partition coefficient (Wildman–Crippen LogP) is 1.73. The number of piperazine rings is 1. The average Bonchev–Trinajstić information content (AvgIpc) is 3.08. The SMILES string of the molecule is C[NH+]1CCN(c2ccc(NC(=O)/C=C/c3cccs3)cc2)CC1. The Morgan fingerprint density at radius 3 is 2.61 bits per heavy atom. The molecule has 0 saturated carbocycles. The number of benzene rings is 1. The van der Waals surface area contributed by atoms with Gasteiger partial charge in [-0.05, 0) is 41.8 Å². The zero-order valence-corrected chi connectivity index (χ0v) is 14.1. The largest absolute Gasteiger partial charge is 0.360 e. The first-order valence-electron chi connectivity index (χ1n) is 7.89. The van der Waals surface area contributed by atoms with Gasteiger partial charge in [0.1, 0.15) is 0 Å². The molecule has 5 heteroatoms.